The van der Waals surface area contributed by atoms with Crippen LogP contribution in [0.4, 0.5) is 11.8 Å². The van der Waals surface area contributed by atoms with Gasteiger partial charge in [-0.1, -0.05) is 11.8 Å². The Bertz CT molecular complexity index is 745. The number of ether oxygens (including phenoxy) is 1. The van der Waals surface area contributed by atoms with Gasteiger partial charge in [-0.05, 0) is 16.8 Å². The lowest BCUT2D eigenvalue weighted by Crippen LogP contribution is -2.51. The molecule has 2 aromatic rings. The molecular weight excluding hydrogens is 356 g/mol. The monoisotopic (exact) mass is 378 g/mol. The highest BCUT2D eigenvalue weighted by Crippen LogP contribution is 2.28. The Morgan fingerprint density at radius 1 is 1.38 bits per heavy atom. The van der Waals surface area contributed by atoms with Gasteiger partial charge in [0.1, 0.15) is 5.82 Å². The quantitative estimate of drug-likeness (QED) is 0.499. The van der Waals surface area contributed by atoms with E-state index >= 15 is 0 Å². The molecule has 0 bridgehead atoms. The SMILES string of the molecule is Cn1nnnc1SCCNc1cc([C@H]2CCOC2)nc(N2CC(O)C2)n1. The molecule has 0 spiro atoms. The molecule has 0 saturated carbocycles. The van der Waals surface area contributed by atoms with Crippen LogP contribution in [-0.2, 0) is 11.8 Å². The first-order chi connectivity index (χ1) is 12.7. The smallest absolute Gasteiger partial charge is 0.227 e. The first kappa shape index (κ1) is 17.4. The molecule has 1 atom stereocenters. The summed E-state index contributed by atoms with van der Waals surface area (Å²) in [6.45, 7) is 3.38. The Hall–Kier alpha value is -1.98. The molecule has 26 heavy (non-hydrogen) atoms. The summed E-state index contributed by atoms with van der Waals surface area (Å²) < 4.78 is 7.15. The average molecular weight is 378 g/mol. The molecule has 140 valence electrons. The fraction of sp³-hybridized carbons (Fsp3) is 0.667. The van der Waals surface area contributed by atoms with Gasteiger partial charge >= 0.3 is 0 Å². The van der Waals surface area contributed by atoms with Crippen molar-refractivity contribution in [1.82, 2.24) is 30.2 Å². The summed E-state index contributed by atoms with van der Waals surface area (Å²) in [5, 5.41) is 25.1. The van der Waals surface area contributed by atoms with Crippen LogP contribution in [0.15, 0.2) is 11.2 Å². The third kappa shape index (κ3) is 3.89. The summed E-state index contributed by atoms with van der Waals surface area (Å²) in [7, 11) is 1.82. The number of β-amino-alcohol motifs (C(OH)–C–C–N with tert-alkyl or cyclic N) is 1. The zero-order valence-electron chi connectivity index (χ0n) is 14.6. The van der Waals surface area contributed by atoms with Crippen LogP contribution in [0, 0.1) is 0 Å². The second kappa shape index (κ2) is 7.72. The molecule has 0 aromatic carbocycles. The van der Waals surface area contributed by atoms with E-state index in [-0.39, 0.29) is 6.10 Å². The van der Waals surface area contributed by atoms with Crippen molar-refractivity contribution in [3.63, 3.8) is 0 Å². The van der Waals surface area contributed by atoms with Gasteiger partial charge in [-0.3, -0.25) is 0 Å². The van der Waals surface area contributed by atoms with Gasteiger partial charge < -0.3 is 20.1 Å². The van der Waals surface area contributed by atoms with E-state index in [1.54, 1.807) is 16.4 Å². The number of aliphatic hydroxyl groups excluding tert-OH is 1. The zero-order chi connectivity index (χ0) is 17.9. The lowest BCUT2D eigenvalue weighted by Gasteiger charge is -2.36. The van der Waals surface area contributed by atoms with E-state index in [0.717, 1.165) is 42.0 Å². The fourth-order valence-electron chi connectivity index (χ4n) is 2.95. The Morgan fingerprint density at radius 3 is 2.96 bits per heavy atom. The minimum atomic E-state index is -0.287. The lowest BCUT2D eigenvalue weighted by molar-refractivity contribution is 0.140. The molecule has 0 unspecified atom stereocenters. The van der Waals surface area contributed by atoms with Crippen LogP contribution in [-0.4, -0.2) is 80.0 Å². The number of aryl methyl sites for hydroxylation is 1. The molecule has 0 radical (unpaired) electrons. The second-order valence-electron chi connectivity index (χ2n) is 6.46. The van der Waals surface area contributed by atoms with Gasteiger partial charge in [0.2, 0.25) is 11.1 Å². The minimum Gasteiger partial charge on any atom is -0.389 e. The highest BCUT2D eigenvalue weighted by atomic mass is 32.2. The maximum atomic E-state index is 9.56. The van der Waals surface area contributed by atoms with Gasteiger partial charge in [-0.2, -0.15) is 4.98 Å². The van der Waals surface area contributed by atoms with E-state index in [4.69, 9.17) is 9.72 Å². The van der Waals surface area contributed by atoms with E-state index in [9.17, 15) is 5.11 Å². The van der Waals surface area contributed by atoms with Crippen molar-refractivity contribution >= 4 is 23.5 Å². The molecule has 2 fully saturated rings. The molecule has 2 aliphatic heterocycles. The van der Waals surface area contributed by atoms with Gasteiger partial charge in [0.15, 0.2) is 0 Å². The van der Waals surface area contributed by atoms with Crippen LogP contribution in [0.3, 0.4) is 0 Å². The van der Waals surface area contributed by atoms with Crippen molar-refractivity contribution in [2.75, 3.05) is 48.8 Å². The number of aliphatic hydroxyl groups is 1. The number of aromatic nitrogens is 6. The van der Waals surface area contributed by atoms with Gasteiger partial charge in [0.25, 0.3) is 0 Å². The standard InChI is InChI=1S/C15H22N8O2S/c1-22-15(19-20-21-22)26-5-3-16-13-6-12(10-2-4-25-9-10)17-14(18-13)23-7-11(24)8-23/h6,10-11,24H,2-5,7-9H2,1H3,(H,16,17,18)/t10-/m0/s1. The Labute approximate surface area is 155 Å². The Kier molecular flexibility index (Phi) is 5.18. The largest absolute Gasteiger partial charge is 0.389 e. The van der Waals surface area contributed by atoms with Crippen molar-refractivity contribution < 1.29 is 9.84 Å². The van der Waals surface area contributed by atoms with Crippen molar-refractivity contribution in [2.45, 2.75) is 23.6 Å². The van der Waals surface area contributed by atoms with Crippen molar-refractivity contribution in [3.8, 4) is 0 Å². The van der Waals surface area contributed by atoms with Crippen LogP contribution in [0.5, 0.6) is 0 Å². The van der Waals surface area contributed by atoms with E-state index in [1.165, 1.54) is 0 Å². The number of hydrogen-bond donors (Lipinski definition) is 2. The normalized spacial score (nSPS) is 20.4. The summed E-state index contributed by atoms with van der Waals surface area (Å²) in [4.78, 5) is 11.3. The van der Waals surface area contributed by atoms with Crippen LogP contribution in [0.2, 0.25) is 0 Å². The third-order valence-electron chi connectivity index (χ3n) is 4.45. The lowest BCUT2D eigenvalue weighted by atomic mass is 10.0. The summed E-state index contributed by atoms with van der Waals surface area (Å²) >= 11 is 1.59. The molecule has 0 amide bonds. The molecule has 10 nitrogen and oxygen atoms in total. The molecular formula is C15H22N8O2S. The van der Waals surface area contributed by atoms with Crippen LogP contribution in [0.25, 0.3) is 0 Å². The van der Waals surface area contributed by atoms with Gasteiger partial charge in [-0.15, -0.1) is 5.10 Å². The van der Waals surface area contributed by atoms with Crippen LogP contribution >= 0.6 is 11.8 Å². The maximum absolute atomic E-state index is 9.56. The summed E-state index contributed by atoms with van der Waals surface area (Å²) in [5.74, 6) is 2.60. The van der Waals surface area contributed by atoms with E-state index in [0.29, 0.717) is 31.6 Å². The minimum absolute atomic E-state index is 0.287. The topological polar surface area (TPSA) is 114 Å². The number of thioether (sulfide) groups is 1. The first-order valence-corrected chi connectivity index (χ1v) is 9.66. The number of nitrogens with zero attached hydrogens (tertiary/aromatic N) is 7. The van der Waals surface area contributed by atoms with E-state index < -0.39 is 0 Å². The van der Waals surface area contributed by atoms with E-state index in [1.807, 2.05) is 18.0 Å². The highest BCUT2D eigenvalue weighted by molar-refractivity contribution is 7.99. The molecule has 4 heterocycles. The van der Waals surface area contributed by atoms with Crippen molar-refractivity contribution in [2.24, 2.45) is 7.05 Å². The van der Waals surface area contributed by atoms with E-state index in [2.05, 4.69) is 25.8 Å². The molecule has 11 heteroatoms. The third-order valence-corrected chi connectivity index (χ3v) is 5.46. The molecule has 2 N–H and O–H groups in total. The average Bonchev–Trinajstić information content (AvgIpc) is 3.28. The van der Waals surface area contributed by atoms with Crippen molar-refractivity contribution in [1.29, 1.82) is 0 Å². The summed E-state index contributed by atoms with van der Waals surface area (Å²) in [5.41, 5.74) is 1.00. The molecule has 0 aliphatic carbocycles. The fourth-order valence-corrected chi connectivity index (χ4v) is 3.65. The molecule has 2 aromatic heterocycles. The summed E-state index contributed by atoms with van der Waals surface area (Å²) in [6, 6.07) is 2.01. The highest BCUT2D eigenvalue weighted by Gasteiger charge is 2.28. The number of tetrazole rings is 1. The predicted octanol–water partition coefficient (Wildman–Crippen LogP) is -0.111. The number of nitrogens with one attached hydrogen (secondary N) is 1. The maximum Gasteiger partial charge on any atom is 0.227 e. The van der Waals surface area contributed by atoms with Gasteiger partial charge in [-0.25, -0.2) is 9.67 Å². The van der Waals surface area contributed by atoms with Gasteiger partial charge in [0.05, 0.1) is 18.4 Å². The Balaban J connectivity index is 1.41. The first-order valence-electron chi connectivity index (χ1n) is 8.68. The molecule has 2 saturated heterocycles. The van der Waals surface area contributed by atoms with Crippen LogP contribution in [0.1, 0.15) is 18.0 Å². The predicted molar refractivity (Wildman–Crippen MR) is 96.4 cm³/mol. The van der Waals surface area contributed by atoms with Gasteiger partial charge in [0, 0.05) is 51.0 Å². The summed E-state index contributed by atoms with van der Waals surface area (Å²) in [6.07, 6.45) is 0.693. The molecule has 2 aliphatic rings. The second-order valence-corrected chi connectivity index (χ2v) is 7.52. The zero-order valence-corrected chi connectivity index (χ0v) is 15.4. The Morgan fingerprint density at radius 2 is 2.27 bits per heavy atom. The number of anilines is 2. The number of hydrogen-bond acceptors (Lipinski definition) is 10. The number of rotatable bonds is 7. The van der Waals surface area contributed by atoms with Crippen LogP contribution < -0.4 is 10.2 Å². The molecule has 4 rings (SSSR count). The van der Waals surface area contributed by atoms with Crippen molar-refractivity contribution in [3.05, 3.63) is 11.8 Å².